The highest BCUT2D eigenvalue weighted by atomic mass is 16.1. The van der Waals surface area contributed by atoms with Crippen molar-refractivity contribution in [2.45, 2.75) is 64.1 Å². The summed E-state index contributed by atoms with van der Waals surface area (Å²) in [4.78, 5) is 14.0. The van der Waals surface area contributed by atoms with Gasteiger partial charge in [-0.15, -0.1) is 0 Å². The van der Waals surface area contributed by atoms with Crippen molar-refractivity contribution in [3.63, 3.8) is 0 Å². The minimum atomic E-state index is -0.192. The highest BCUT2D eigenvalue weighted by Gasteiger charge is 2.31. The number of amides is 1. The Balaban J connectivity index is 1.76. The van der Waals surface area contributed by atoms with Crippen LogP contribution in [0.2, 0.25) is 0 Å². The molecule has 2 aliphatic carbocycles. The molecule has 1 amide bonds. The maximum atomic E-state index is 11.4. The lowest BCUT2D eigenvalue weighted by atomic mass is 10.1. The average Bonchev–Trinajstić information content (AvgIpc) is 3.14. The third-order valence-electron chi connectivity index (χ3n) is 3.73. The summed E-state index contributed by atoms with van der Waals surface area (Å²) in [5.74, 6) is 0.496. The molecule has 0 heterocycles. The van der Waals surface area contributed by atoms with Gasteiger partial charge in [-0.2, -0.15) is 0 Å². The number of nitrogens with one attached hydrogen (secondary N) is 1. The standard InChI is InChI=1S/C14H27N3O/c1-10(2)9-17(12-5-6-12)8-7-13(14(15)18)16-11-3-4-11/h10-13,16H,3-9H2,1-2H3,(H2,15,18). The van der Waals surface area contributed by atoms with Gasteiger partial charge < -0.3 is 16.0 Å². The molecule has 2 aliphatic rings. The monoisotopic (exact) mass is 253 g/mol. The smallest absolute Gasteiger partial charge is 0.234 e. The van der Waals surface area contributed by atoms with Gasteiger partial charge in [0.25, 0.3) is 0 Å². The molecule has 0 radical (unpaired) electrons. The van der Waals surface area contributed by atoms with Crippen molar-refractivity contribution in [2.24, 2.45) is 11.7 Å². The molecule has 0 spiro atoms. The molecule has 4 nitrogen and oxygen atoms in total. The van der Waals surface area contributed by atoms with E-state index in [1.54, 1.807) is 0 Å². The van der Waals surface area contributed by atoms with Crippen molar-refractivity contribution in [3.05, 3.63) is 0 Å². The first-order valence-corrected chi connectivity index (χ1v) is 7.35. The second-order valence-electron chi connectivity index (χ2n) is 6.30. The molecule has 1 unspecified atom stereocenters. The van der Waals surface area contributed by atoms with Crippen LogP contribution in [0.1, 0.15) is 46.0 Å². The van der Waals surface area contributed by atoms with Gasteiger partial charge in [0.05, 0.1) is 6.04 Å². The lowest BCUT2D eigenvalue weighted by Gasteiger charge is -2.26. The van der Waals surface area contributed by atoms with E-state index in [4.69, 9.17) is 5.73 Å². The zero-order chi connectivity index (χ0) is 13.1. The zero-order valence-corrected chi connectivity index (χ0v) is 11.7. The molecule has 0 aromatic carbocycles. The first-order valence-electron chi connectivity index (χ1n) is 7.35. The molecular weight excluding hydrogens is 226 g/mol. The predicted octanol–water partition coefficient (Wildman–Crippen LogP) is 1.10. The SMILES string of the molecule is CC(C)CN(CCC(NC1CC1)C(N)=O)C1CC1. The number of rotatable bonds is 9. The Morgan fingerprint density at radius 3 is 2.44 bits per heavy atom. The van der Waals surface area contributed by atoms with Crippen LogP contribution < -0.4 is 11.1 Å². The second kappa shape index (κ2) is 6.02. The number of carbonyl (C=O) groups excluding carboxylic acids is 1. The van der Waals surface area contributed by atoms with Crippen LogP contribution in [0, 0.1) is 5.92 Å². The van der Waals surface area contributed by atoms with Gasteiger partial charge in [0, 0.05) is 25.2 Å². The Hall–Kier alpha value is -0.610. The number of hydrogen-bond donors (Lipinski definition) is 2. The van der Waals surface area contributed by atoms with E-state index in [1.165, 1.54) is 25.7 Å². The number of nitrogens with zero attached hydrogens (tertiary/aromatic N) is 1. The van der Waals surface area contributed by atoms with Gasteiger partial charge in [-0.1, -0.05) is 13.8 Å². The Labute approximate surface area is 110 Å². The van der Waals surface area contributed by atoms with Crippen LogP contribution >= 0.6 is 0 Å². The molecular formula is C14H27N3O. The average molecular weight is 253 g/mol. The van der Waals surface area contributed by atoms with Gasteiger partial charge in [-0.05, 0) is 38.0 Å². The normalized spacial score (nSPS) is 21.6. The Kier molecular flexibility index (Phi) is 4.62. The maximum Gasteiger partial charge on any atom is 0.234 e. The fourth-order valence-electron chi connectivity index (χ4n) is 2.47. The maximum absolute atomic E-state index is 11.4. The molecule has 0 aliphatic heterocycles. The molecule has 18 heavy (non-hydrogen) atoms. The third-order valence-corrected chi connectivity index (χ3v) is 3.73. The van der Waals surface area contributed by atoms with E-state index >= 15 is 0 Å². The van der Waals surface area contributed by atoms with E-state index in [9.17, 15) is 4.79 Å². The summed E-state index contributed by atoms with van der Waals surface area (Å²) in [6, 6.07) is 1.18. The molecule has 1 atom stereocenters. The second-order valence-corrected chi connectivity index (χ2v) is 6.30. The van der Waals surface area contributed by atoms with Crippen molar-refractivity contribution >= 4 is 5.91 Å². The third kappa shape index (κ3) is 4.58. The summed E-state index contributed by atoms with van der Waals surface area (Å²) < 4.78 is 0. The molecule has 0 bridgehead atoms. The molecule has 4 heteroatoms. The van der Waals surface area contributed by atoms with Gasteiger partial charge in [0.2, 0.25) is 5.91 Å². The quantitative estimate of drug-likeness (QED) is 0.647. The summed E-state index contributed by atoms with van der Waals surface area (Å²) in [6.07, 6.45) is 5.90. The van der Waals surface area contributed by atoms with Crippen LogP contribution in [0.3, 0.4) is 0 Å². The Morgan fingerprint density at radius 1 is 1.33 bits per heavy atom. The molecule has 2 saturated carbocycles. The van der Waals surface area contributed by atoms with E-state index in [0.29, 0.717) is 12.0 Å². The van der Waals surface area contributed by atoms with Crippen LogP contribution in [0.15, 0.2) is 0 Å². The lowest BCUT2D eigenvalue weighted by molar-refractivity contribution is -0.120. The Morgan fingerprint density at radius 2 is 2.00 bits per heavy atom. The van der Waals surface area contributed by atoms with E-state index in [-0.39, 0.29) is 11.9 Å². The van der Waals surface area contributed by atoms with E-state index in [0.717, 1.165) is 25.6 Å². The van der Waals surface area contributed by atoms with Crippen molar-refractivity contribution in [1.29, 1.82) is 0 Å². The lowest BCUT2D eigenvalue weighted by Crippen LogP contribution is -2.45. The van der Waals surface area contributed by atoms with Gasteiger partial charge in [-0.25, -0.2) is 0 Å². The van der Waals surface area contributed by atoms with Crippen molar-refractivity contribution in [1.82, 2.24) is 10.2 Å². The summed E-state index contributed by atoms with van der Waals surface area (Å²) in [5, 5.41) is 3.36. The Bertz CT molecular complexity index is 285. The molecule has 0 saturated heterocycles. The zero-order valence-electron chi connectivity index (χ0n) is 11.7. The summed E-state index contributed by atoms with van der Waals surface area (Å²) in [7, 11) is 0. The minimum Gasteiger partial charge on any atom is -0.368 e. The summed E-state index contributed by atoms with van der Waals surface area (Å²) in [5.41, 5.74) is 5.47. The number of carbonyl (C=O) groups is 1. The minimum absolute atomic E-state index is 0.133. The molecule has 3 N–H and O–H groups in total. The number of hydrogen-bond acceptors (Lipinski definition) is 3. The van der Waals surface area contributed by atoms with Gasteiger partial charge in [0.15, 0.2) is 0 Å². The highest BCUT2D eigenvalue weighted by Crippen LogP contribution is 2.28. The molecule has 0 aromatic heterocycles. The molecule has 104 valence electrons. The van der Waals surface area contributed by atoms with Crippen molar-refractivity contribution < 1.29 is 4.79 Å². The van der Waals surface area contributed by atoms with E-state index in [2.05, 4.69) is 24.1 Å². The largest absolute Gasteiger partial charge is 0.368 e. The first kappa shape index (κ1) is 13.8. The van der Waals surface area contributed by atoms with Crippen LogP contribution in [0.5, 0.6) is 0 Å². The molecule has 2 fully saturated rings. The summed E-state index contributed by atoms with van der Waals surface area (Å²) in [6.45, 7) is 6.64. The van der Waals surface area contributed by atoms with Gasteiger partial charge in [0.1, 0.15) is 0 Å². The summed E-state index contributed by atoms with van der Waals surface area (Å²) >= 11 is 0. The van der Waals surface area contributed by atoms with E-state index in [1.807, 2.05) is 0 Å². The molecule has 2 rings (SSSR count). The van der Waals surface area contributed by atoms with E-state index < -0.39 is 0 Å². The van der Waals surface area contributed by atoms with Crippen LogP contribution in [0.4, 0.5) is 0 Å². The van der Waals surface area contributed by atoms with Crippen molar-refractivity contribution in [3.8, 4) is 0 Å². The van der Waals surface area contributed by atoms with Crippen LogP contribution in [-0.2, 0) is 4.79 Å². The first-order chi connectivity index (χ1) is 8.56. The number of nitrogens with two attached hydrogens (primary N) is 1. The number of primary amides is 1. The van der Waals surface area contributed by atoms with Crippen LogP contribution in [0.25, 0.3) is 0 Å². The topological polar surface area (TPSA) is 58.4 Å². The predicted molar refractivity (Wildman–Crippen MR) is 73.2 cm³/mol. The van der Waals surface area contributed by atoms with Crippen LogP contribution in [-0.4, -0.2) is 42.0 Å². The fourth-order valence-corrected chi connectivity index (χ4v) is 2.47. The fraction of sp³-hybridized carbons (Fsp3) is 0.929. The van der Waals surface area contributed by atoms with Gasteiger partial charge >= 0.3 is 0 Å². The molecule has 0 aromatic rings. The van der Waals surface area contributed by atoms with Gasteiger partial charge in [-0.3, -0.25) is 4.79 Å². The highest BCUT2D eigenvalue weighted by molar-refractivity contribution is 5.79. The van der Waals surface area contributed by atoms with Crippen molar-refractivity contribution in [2.75, 3.05) is 13.1 Å².